The Morgan fingerprint density at radius 3 is 2.71 bits per heavy atom. The molecule has 0 aliphatic heterocycles. The van der Waals surface area contributed by atoms with E-state index in [-0.39, 0.29) is 0 Å². The highest BCUT2D eigenvalue weighted by Crippen LogP contribution is 2.13. The molecule has 0 amide bonds. The predicted molar refractivity (Wildman–Crippen MR) is 68.1 cm³/mol. The molecule has 0 aliphatic rings. The summed E-state index contributed by atoms with van der Waals surface area (Å²) in [5, 5.41) is 0. The molecule has 0 unspecified atom stereocenters. The first kappa shape index (κ1) is 13.9. The first-order chi connectivity index (χ1) is 8.30. The summed E-state index contributed by atoms with van der Waals surface area (Å²) in [4.78, 5) is 4.44. The highest BCUT2D eigenvalue weighted by Gasteiger charge is 2.02. The van der Waals surface area contributed by atoms with Crippen LogP contribution in [0, 0.1) is 0 Å². The van der Waals surface area contributed by atoms with Crippen molar-refractivity contribution in [3.63, 3.8) is 0 Å². The summed E-state index contributed by atoms with van der Waals surface area (Å²) in [6, 6.07) is 3.93. The zero-order chi connectivity index (χ0) is 12.5. The van der Waals surface area contributed by atoms with Gasteiger partial charge in [0.2, 0.25) is 5.88 Å². The summed E-state index contributed by atoms with van der Waals surface area (Å²) in [7, 11) is 0. The Morgan fingerprint density at radius 1 is 1.24 bits per heavy atom. The number of aryl methyl sites for hydroxylation is 1. The molecule has 0 aromatic carbocycles. The Balaban J connectivity index is 2.59. The first-order valence-corrected chi connectivity index (χ1v) is 6.20. The van der Waals surface area contributed by atoms with Gasteiger partial charge in [-0.3, -0.25) is 0 Å². The van der Waals surface area contributed by atoms with Crippen LogP contribution < -0.4 is 10.5 Å². The van der Waals surface area contributed by atoms with Gasteiger partial charge in [0.25, 0.3) is 0 Å². The quantitative estimate of drug-likeness (QED) is 0.703. The van der Waals surface area contributed by atoms with Gasteiger partial charge in [0.05, 0.1) is 6.61 Å². The van der Waals surface area contributed by atoms with E-state index in [1.54, 1.807) is 0 Å². The van der Waals surface area contributed by atoms with Crippen LogP contribution >= 0.6 is 0 Å². The zero-order valence-corrected chi connectivity index (χ0v) is 10.7. The van der Waals surface area contributed by atoms with Gasteiger partial charge in [-0.05, 0) is 25.0 Å². The summed E-state index contributed by atoms with van der Waals surface area (Å²) in [5.74, 6) is 0.649. The van der Waals surface area contributed by atoms with Crippen LogP contribution in [0.4, 0.5) is 0 Å². The lowest BCUT2D eigenvalue weighted by molar-refractivity contribution is 0.108. The molecule has 0 atom stereocenters. The molecule has 0 fully saturated rings. The summed E-state index contributed by atoms with van der Waals surface area (Å²) in [6.07, 6.45) is 2.02. The molecule has 4 heteroatoms. The largest absolute Gasteiger partial charge is 0.475 e. The van der Waals surface area contributed by atoms with E-state index in [1.807, 2.05) is 19.1 Å². The van der Waals surface area contributed by atoms with Crippen molar-refractivity contribution >= 4 is 0 Å². The molecule has 0 saturated carbocycles. The van der Waals surface area contributed by atoms with Gasteiger partial charge < -0.3 is 15.2 Å². The van der Waals surface area contributed by atoms with E-state index < -0.39 is 0 Å². The van der Waals surface area contributed by atoms with Crippen LogP contribution in [0.5, 0.6) is 5.88 Å². The fourth-order valence-electron chi connectivity index (χ4n) is 1.55. The normalized spacial score (nSPS) is 10.5. The highest BCUT2D eigenvalue weighted by atomic mass is 16.5. The fraction of sp³-hybridized carbons (Fsp3) is 0.615. The summed E-state index contributed by atoms with van der Waals surface area (Å²) in [5.41, 5.74) is 7.76. The third-order valence-corrected chi connectivity index (χ3v) is 2.34. The maximum absolute atomic E-state index is 5.65. The van der Waals surface area contributed by atoms with Gasteiger partial charge in [-0.2, -0.15) is 0 Å². The van der Waals surface area contributed by atoms with E-state index in [9.17, 15) is 0 Å². The average molecular weight is 238 g/mol. The van der Waals surface area contributed by atoms with Crippen LogP contribution in [0.3, 0.4) is 0 Å². The monoisotopic (exact) mass is 238 g/mol. The van der Waals surface area contributed by atoms with Gasteiger partial charge in [0.15, 0.2) is 0 Å². The van der Waals surface area contributed by atoms with Crippen LogP contribution in [0.15, 0.2) is 12.1 Å². The molecule has 2 N–H and O–H groups in total. The van der Waals surface area contributed by atoms with Crippen LogP contribution in [0.2, 0.25) is 0 Å². The Bertz CT molecular complexity index is 329. The zero-order valence-electron chi connectivity index (χ0n) is 10.7. The second kappa shape index (κ2) is 8.03. The van der Waals surface area contributed by atoms with Crippen molar-refractivity contribution in [2.75, 3.05) is 19.8 Å². The van der Waals surface area contributed by atoms with E-state index in [4.69, 9.17) is 15.2 Å². The molecule has 1 aromatic heterocycles. The van der Waals surface area contributed by atoms with Crippen molar-refractivity contribution in [1.82, 2.24) is 4.98 Å². The highest BCUT2D eigenvalue weighted by molar-refractivity contribution is 5.25. The Labute approximate surface area is 103 Å². The SMILES string of the molecule is CCCc1cc(CN)cc(OCCOCC)n1. The van der Waals surface area contributed by atoms with Crippen molar-refractivity contribution in [2.45, 2.75) is 33.2 Å². The van der Waals surface area contributed by atoms with Crippen LogP contribution in [0.25, 0.3) is 0 Å². The van der Waals surface area contributed by atoms with Gasteiger partial charge in [-0.15, -0.1) is 0 Å². The number of hydrogen-bond acceptors (Lipinski definition) is 4. The lowest BCUT2D eigenvalue weighted by Gasteiger charge is -2.09. The van der Waals surface area contributed by atoms with Gasteiger partial charge >= 0.3 is 0 Å². The molecular formula is C13H22N2O2. The molecule has 0 radical (unpaired) electrons. The smallest absolute Gasteiger partial charge is 0.213 e. The number of rotatable bonds is 8. The molecule has 0 saturated heterocycles. The Morgan fingerprint density at radius 2 is 2.06 bits per heavy atom. The first-order valence-electron chi connectivity index (χ1n) is 6.20. The predicted octanol–water partition coefficient (Wildman–Crippen LogP) is 1.91. The average Bonchev–Trinajstić information content (AvgIpc) is 2.35. The topological polar surface area (TPSA) is 57.4 Å². The van der Waals surface area contributed by atoms with E-state index >= 15 is 0 Å². The summed E-state index contributed by atoms with van der Waals surface area (Å²) in [6.45, 7) is 6.44. The molecule has 17 heavy (non-hydrogen) atoms. The number of ether oxygens (including phenoxy) is 2. The Kier molecular flexibility index (Phi) is 6.58. The summed E-state index contributed by atoms with van der Waals surface area (Å²) >= 11 is 0. The van der Waals surface area contributed by atoms with E-state index in [0.717, 1.165) is 24.1 Å². The maximum Gasteiger partial charge on any atom is 0.213 e. The maximum atomic E-state index is 5.65. The molecule has 96 valence electrons. The van der Waals surface area contributed by atoms with Crippen molar-refractivity contribution < 1.29 is 9.47 Å². The van der Waals surface area contributed by atoms with Gasteiger partial charge in [-0.1, -0.05) is 13.3 Å². The van der Waals surface area contributed by atoms with Crippen LogP contribution in [0.1, 0.15) is 31.5 Å². The van der Waals surface area contributed by atoms with Gasteiger partial charge in [0.1, 0.15) is 6.61 Å². The Hall–Kier alpha value is -1.13. The molecule has 1 aromatic rings. The van der Waals surface area contributed by atoms with Crippen molar-refractivity contribution in [2.24, 2.45) is 5.73 Å². The van der Waals surface area contributed by atoms with E-state index in [2.05, 4.69) is 11.9 Å². The van der Waals surface area contributed by atoms with Crippen molar-refractivity contribution in [3.8, 4) is 5.88 Å². The van der Waals surface area contributed by atoms with Crippen LogP contribution in [-0.2, 0) is 17.7 Å². The molecule has 0 aliphatic carbocycles. The third-order valence-electron chi connectivity index (χ3n) is 2.34. The molecule has 0 spiro atoms. The standard InChI is InChI=1S/C13H22N2O2/c1-3-5-12-8-11(10-14)9-13(15-12)17-7-6-16-4-2/h8-9H,3-7,10,14H2,1-2H3. The molecular weight excluding hydrogens is 216 g/mol. The molecule has 1 rings (SSSR count). The number of hydrogen-bond donors (Lipinski definition) is 1. The minimum Gasteiger partial charge on any atom is -0.475 e. The van der Waals surface area contributed by atoms with E-state index in [1.165, 1.54) is 0 Å². The number of pyridine rings is 1. The molecule has 0 bridgehead atoms. The lowest BCUT2D eigenvalue weighted by atomic mass is 10.1. The second-order valence-electron chi connectivity index (χ2n) is 3.80. The minimum atomic E-state index is 0.515. The van der Waals surface area contributed by atoms with Crippen molar-refractivity contribution in [1.29, 1.82) is 0 Å². The van der Waals surface area contributed by atoms with Crippen LogP contribution in [-0.4, -0.2) is 24.8 Å². The molecule has 1 heterocycles. The number of nitrogens with two attached hydrogens (primary N) is 1. The van der Waals surface area contributed by atoms with Gasteiger partial charge in [-0.25, -0.2) is 4.98 Å². The third kappa shape index (κ3) is 5.15. The minimum absolute atomic E-state index is 0.515. The molecule has 4 nitrogen and oxygen atoms in total. The fourth-order valence-corrected chi connectivity index (χ4v) is 1.55. The lowest BCUT2D eigenvalue weighted by Crippen LogP contribution is -2.09. The number of aromatic nitrogens is 1. The van der Waals surface area contributed by atoms with Crippen molar-refractivity contribution in [3.05, 3.63) is 23.4 Å². The summed E-state index contributed by atoms with van der Waals surface area (Å²) < 4.78 is 10.8. The van der Waals surface area contributed by atoms with Gasteiger partial charge in [0, 0.05) is 24.9 Å². The second-order valence-corrected chi connectivity index (χ2v) is 3.80. The number of nitrogens with zero attached hydrogens (tertiary/aromatic N) is 1. The van der Waals surface area contributed by atoms with E-state index in [0.29, 0.717) is 32.2 Å².